The number of fused-ring (bicyclic) bond motifs is 6. The quantitative estimate of drug-likeness (QED) is 0.164. The van der Waals surface area contributed by atoms with Gasteiger partial charge in [0.15, 0.2) is 0 Å². The zero-order valence-electron chi connectivity index (χ0n) is 37.3. The van der Waals surface area contributed by atoms with Crippen LogP contribution >= 0.6 is 0 Å². The Labute approximate surface area is 344 Å². The summed E-state index contributed by atoms with van der Waals surface area (Å²) in [6.07, 6.45) is 6.82. The summed E-state index contributed by atoms with van der Waals surface area (Å²) in [4.78, 5) is 10.4. The molecule has 4 aromatic carbocycles. The summed E-state index contributed by atoms with van der Waals surface area (Å²) in [6.45, 7) is 33.6. The third kappa shape index (κ3) is 5.85. The van der Waals surface area contributed by atoms with Gasteiger partial charge in [-0.2, -0.15) is 0 Å². The van der Waals surface area contributed by atoms with Crippen molar-refractivity contribution in [2.45, 2.75) is 155 Å². The smallest absolute Gasteiger partial charge is 0.254 e. The molecule has 0 fully saturated rings. The minimum Gasteiger partial charge on any atom is -0.311 e. The predicted octanol–water partition coefficient (Wildman–Crippen LogP) is 12.5. The fourth-order valence-electron chi connectivity index (χ4n) is 10.7. The first-order valence-corrected chi connectivity index (χ1v) is 21.7. The highest BCUT2D eigenvalue weighted by molar-refractivity contribution is 7.00. The number of pyridine rings is 1. The molecular weight excluding hydrogens is 689 g/mol. The number of aromatic nitrogens is 1. The molecule has 9 rings (SSSR count). The van der Waals surface area contributed by atoms with E-state index < -0.39 is 0 Å². The average Bonchev–Trinajstić information content (AvgIpc) is 3.14. The van der Waals surface area contributed by atoms with Gasteiger partial charge in [-0.25, -0.2) is 4.98 Å². The Hall–Kier alpha value is -4.31. The van der Waals surface area contributed by atoms with Gasteiger partial charge in [0, 0.05) is 34.6 Å². The maximum Gasteiger partial charge on any atom is 0.254 e. The van der Waals surface area contributed by atoms with E-state index in [1.807, 2.05) is 0 Å². The SMILES string of the molecule is CC(C)(C)c1ccc(N2c3ccc(C(C)(C)C)cc3B3c4cc5c(cc4N(c4ccc6c(c4)C(C)(C)CCC6(C)C)c4ccnc2c43)C(C)(C)CCC5(C)C)cc1. The second-order valence-corrected chi connectivity index (χ2v) is 22.7. The van der Waals surface area contributed by atoms with Gasteiger partial charge in [0.2, 0.25) is 0 Å². The monoisotopic (exact) mass is 754 g/mol. The maximum absolute atomic E-state index is 5.36. The zero-order chi connectivity index (χ0) is 40.8. The third-order valence-corrected chi connectivity index (χ3v) is 14.8. The molecular formula is C53H64BN3. The van der Waals surface area contributed by atoms with Gasteiger partial charge in [-0.3, -0.25) is 4.90 Å². The molecule has 0 atom stereocenters. The van der Waals surface area contributed by atoms with Crippen molar-refractivity contribution in [2.75, 3.05) is 9.80 Å². The molecule has 57 heavy (non-hydrogen) atoms. The van der Waals surface area contributed by atoms with Crippen LogP contribution in [0.2, 0.25) is 0 Å². The lowest BCUT2D eigenvalue weighted by molar-refractivity contribution is 0.332. The minimum absolute atomic E-state index is 0.00136. The van der Waals surface area contributed by atoms with Crippen LogP contribution in [0.5, 0.6) is 0 Å². The molecule has 0 unspecified atom stereocenters. The van der Waals surface area contributed by atoms with Crippen molar-refractivity contribution >= 4 is 57.4 Å². The van der Waals surface area contributed by atoms with Crippen LogP contribution in [0.25, 0.3) is 0 Å². The van der Waals surface area contributed by atoms with E-state index in [1.165, 1.54) is 98.2 Å². The van der Waals surface area contributed by atoms with E-state index in [0.717, 1.165) is 11.5 Å². The van der Waals surface area contributed by atoms with Crippen LogP contribution in [0.4, 0.5) is 34.3 Å². The van der Waals surface area contributed by atoms with Crippen molar-refractivity contribution < 1.29 is 0 Å². The number of hydrogen-bond donors (Lipinski definition) is 0. The van der Waals surface area contributed by atoms with Crippen LogP contribution in [-0.2, 0) is 32.5 Å². The van der Waals surface area contributed by atoms with Crippen LogP contribution in [0, 0.1) is 0 Å². The van der Waals surface area contributed by atoms with Gasteiger partial charge in [0.25, 0.3) is 6.71 Å². The summed E-state index contributed by atoms with van der Waals surface area (Å²) in [5, 5.41) is 0. The molecule has 5 aromatic rings. The Bertz CT molecular complexity index is 2450. The van der Waals surface area contributed by atoms with Crippen molar-refractivity contribution in [1.82, 2.24) is 4.98 Å². The predicted molar refractivity (Wildman–Crippen MR) is 246 cm³/mol. The van der Waals surface area contributed by atoms with Crippen LogP contribution in [-0.4, -0.2) is 11.7 Å². The molecule has 4 aliphatic rings. The summed E-state index contributed by atoms with van der Waals surface area (Å²) in [5.41, 5.74) is 19.4. The third-order valence-electron chi connectivity index (χ3n) is 14.8. The second-order valence-electron chi connectivity index (χ2n) is 22.7. The van der Waals surface area contributed by atoms with Gasteiger partial charge in [-0.05, 0) is 150 Å². The van der Waals surface area contributed by atoms with Crippen LogP contribution in [0.1, 0.15) is 156 Å². The average molecular weight is 754 g/mol. The molecule has 0 spiro atoms. The normalized spacial score (nSPS) is 19.6. The van der Waals surface area contributed by atoms with E-state index >= 15 is 0 Å². The highest BCUT2D eigenvalue weighted by atomic mass is 15.2. The Kier molecular flexibility index (Phi) is 8.13. The fraction of sp³-hybridized carbons (Fsp3) is 0.453. The van der Waals surface area contributed by atoms with Gasteiger partial charge < -0.3 is 4.90 Å². The Morgan fingerprint density at radius 1 is 0.474 bits per heavy atom. The summed E-state index contributed by atoms with van der Waals surface area (Å²) >= 11 is 0. The molecule has 2 aliphatic carbocycles. The van der Waals surface area contributed by atoms with E-state index in [1.54, 1.807) is 0 Å². The van der Waals surface area contributed by atoms with Crippen molar-refractivity contribution in [3.05, 3.63) is 118 Å². The van der Waals surface area contributed by atoms with Gasteiger partial charge in [-0.1, -0.05) is 133 Å². The van der Waals surface area contributed by atoms with E-state index in [2.05, 4.69) is 192 Å². The summed E-state index contributed by atoms with van der Waals surface area (Å²) < 4.78 is 0. The molecule has 4 heteroatoms. The van der Waals surface area contributed by atoms with Gasteiger partial charge in [0.05, 0.1) is 0 Å². The van der Waals surface area contributed by atoms with Crippen molar-refractivity contribution in [1.29, 1.82) is 0 Å². The first kappa shape index (κ1) is 38.2. The maximum atomic E-state index is 5.36. The number of anilines is 6. The fourth-order valence-corrected chi connectivity index (χ4v) is 10.7. The van der Waals surface area contributed by atoms with E-state index in [9.17, 15) is 0 Å². The Balaban J connectivity index is 1.38. The van der Waals surface area contributed by atoms with Crippen LogP contribution < -0.4 is 26.2 Å². The summed E-state index contributed by atoms with van der Waals surface area (Å²) in [7, 11) is 0. The van der Waals surface area contributed by atoms with Gasteiger partial charge in [0.1, 0.15) is 5.82 Å². The van der Waals surface area contributed by atoms with Crippen molar-refractivity contribution in [3.63, 3.8) is 0 Å². The zero-order valence-corrected chi connectivity index (χ0v) is 37.3. The van der Waals surface area contributed by atoms with Gasteiger partial charge >= 0.3 is 0 Å². The minimum atomic E-state index is 0.00136. The molecule has 2 aliphatic heterocycles. The first-order valence-electron chi connectivity index (χ1n) is 21.7. The molecule has 0 bridgehead atoms. The van der Waals surface area contributed by atoms with Crippen molar-refractivity contribution in [2.24, 2.45) is 0 Å². The number of hydrogen-bond acceptors (Lipinski definition) is 3. The summed E-state index contributed by atoms with van der Waals surface area (Å²) in [6, 6.07) is 31.5. The molecule has 3 nitrogen and oxygen atoms in total. The molecule has 3 heterocycles. The van der Waals surface area contributed by atoms with Crippen LogP contribution in [0.15, 0.2) is 85.1 Å². The molecule has 294 valence electrons. The second kappa shape index (κ2) is 12.1. The molecule has 0 radical (unpaired) electrons. The van der Waals surface area contributed by atoms with E-state index in [4.69, 9.17) is 4.98 Å². The lowest BCUT2D eigenvalue weighted by Crippen LogP contribution is -2.62. The largest absolute Gasteiger partial charge is 0.311 e. The Morgan fingerprint density at radius 2 is 0.982 bits per heavy atom. The topological polar surface area (TPSA) is 19.4 Å². The summed E-state index contributed by atoms with van der Waals surface area (Å²) in [5.74, 6) is 1.03. The number of nitrogens with zero attached hydrogens (tertiary/aromatic N) is 3. The molecule has 0 saturated heterocycles. The van der Waals surface area contributed by atoms with Crippen molar-refractivity contribution in [3.8, 4) is 0 Å². The lowest BCUT2D eigenvalue weighted by Gasteiger charge is -2.47. The van der Waals surface area contributed by atoms with Crippen LogP contribution in [0.3, 0.4) is 0 Å². The molecule has 1 aromatic heterocycles. The van der Waals surface area contributed by atoms with E-state index in [0.29, 0.717) is 0 Å². The molecule has 0 saturated carbocycles. The number of benzene rings is 4. The first-order chi connectivity index (χ1) is 26.5. The van der Waals surface area contributed by atoms with E-state index in [-0.39, 0.29) is 39.2 Å². The highest BCUT2D eigenvalue weighted by Crippen LogP contribution is 2.52. The number of rotatable bonds is 2. The molecule has 0 amide bonds. The van der Waals surface area contributed by atoms with Gasteiger partial charge in [-0.15, -0.1) is 0 Å². The Morgan fingerprint density at radius 3 is 1.58 bits per heavy atom. The highest BCUT2D eigenvalue weighted by Gasteiger charge is 2.47. The lowest BCUT2D eigenvalue weighted by atomic mass is 9.33. The molecule has 0 N–H and O–H groups in total. The standard InChI is InChI=1S/C53H64BN3/c1-48(2,3)33-15-18-35(19-16-33)57-43-22-17-34(49(4,5)6)29-41(43)54-42-31-39-40(53(13,14)27-26-52(39,11)12)32-45(42)56(44-23-28-55-47(57)46(44)54)36-20-21-37-38(30-36)51(9,10)25-24-50(37,7)8/h15-23,28-32H,24-27H2,1-14H3.